The lowest BCUT2D eigenvalue weighted by molar-refractivity contribution is 0.0743. The van der Waals surface area contributed by atoms with Gasteiger partial charge in [-0.05, 0) is 12.1 Å². The molecule has 8 heteroatoms. The van der Waals surface area contributed by atoms with Gasteiger partial charge in [-0.1, -0.05) is 13.0 Å². The summed E-state index contributed by atoms with van der Waals surface area (Å²) in [5.74, 6) is 1.03. The van der Waals surface area contributed by atoms with Crippen molar-refractivity contribution < 1.29 is 13.2 Å². The average Bonchev–Trinajstić information content (AvgIpc) is 2.46. The van der Waals surface area contributed by atoms with Gasteiger partial charge in [0, 0.05) is 23.8 Å². The minimum absolute atomic E-state index is 0.0202. The van der Waals surface area contributed by atoms with Crippen molar-refractivity contribution in [3.05, 3.63) is 23.9 Å². The van der Waals surface area contributed by atoms with Crippen molar-refractivity contribution in [3.63, 3.8) is 0 Å². The summed E-state index contributed by atoms with van der Waals surface area (Å²) in [4.78, 5) is 17.8. The van der Waals surface area contributed by atoms with E-state index in [1.54, 1.807) is 36.9 Å². The van der Waals surface area contributed by atoms with Crippen molar-refractivity contribution in [2.75, 3.05) is 29.5 Å². The Bertz CT molecular complexity index is 604. The fraction of sp³-hybridized carbons (Fsp3) is 0.500. The SMILES string of the molecule is CCS(=O)(=O)C1CSCCN1C(=O)c1cccc(N)n1. The van der Waals surface area contributed by atoms with Gasteiger partial charge in [0.05, 0.1) is 0 Å². The van der Waals surface area contributed by atoms with Crippen molar-refractivity contribution in [2.45, 2.75) is 12.3 Å². The number of sulfone groups is 1. The first-order chi connectivity index (χ1) is 9.45. The molecule has 0 bridgehead atoms. The Hall–Kier alpha value is -1.28. The fourth-order valence-electron chi connectivity index (χ4n) is 2.02. The molecule has 1 aromatic heterocycles. The highest BCUT2D eigenvalue weighted by molar-refractivity contribution is 8.01. The van der Waals surface area contributed by atoms with Crippen molar-refractivity contribution >= 4 is 33.3 Å². The number of aromatic nitrogens is 1. The fourth-order valence-corrected chi connectivity index (χ4v) is 4.99. The van der Waals surface area contributed by atoms with E-state index in [0.717, 1.165) is 5.75 Å². The molecule has 2 rings (SSSR count). The quantitative estimate of drug-likeness (QED) is 0.878. The number of nitrogens with two attached hydrogens (primary N) is 1. The predicted molar refractivity (Wildman–Crippen MR) is 80.3 cm³/mol. The van der Waals surface area contributed by atoms with Gasteiger partial charge >= 0.3 is 0 Å². The summed E-state index contributed by atoms with van der Waals surface area (Å²) >= 11 is 1.55. The van der Waals surface area contributed by atoms with E-state index >= 15 is 0 Å². The highest BCUT2D eigenvalue weighted by atomic mass is 32.2. The van der Waals surface area contributed by atoms with Crippen molar-refractivity contribution in [1.29, 1.82) is 0 Å². The summed E-state index contributed by atoms with van der Waals surface area (Å²) in [7, 11) is -3.31. The van der Waals surface area contributed by atoms with Gasteiger partial charge in [-0.15, -0.1) is 0 Å². The third-order valence-electron chi connectivity index (χ3n) is 3.15. The maximum absolute atomic E-state index is 12.5. The van der Waals surface area contributed by atoms with E-state index in [1.165, 1.54) is 4.90 Å². The first-order valence-electron chi connectivity index (χ1n) is 6.28. The maximum Gasteiger partial charge on any atom is 0.273 e. The molecule has 1 unspecified atom stereocenters. The van der Waals surface area contributed by atoms with E-state index in [9.17, 15) is 13.2 Å². The molecular formula is C12H17N3O3S2. The van der Waals surface area contributed by atoms with Gasteiger partial charge in [0.15, 0.2) is 9.84 Å². The summed E-state index contributed by atoms with van der Waals surface area (Å²) in [6, 6.07) is 4.77. The third kappa shape index (κ3) is 3.06. The van der Waals surface area contributed by atoms with Crippen LogP contribution in [0.5, 0.6) is 0 Å². The molecule has 1 aromatic rings. The molecule has 20 heavy (non-hydrogen) atoms. The van der Waals surface area contributed by atoms with E-state index in [4.69, 9.17) is 5.73 Å². The Labute approximate surface area is 122 Å². The van der Waals surface area contributed by atoms with Gasteiger partial charge in [0.2, 0.25) is 0 Å². The summed E-state index contributed by atoms with van der Waals surface area (Å²) in [6.45, 7) is 2.00. The zero-order valence-corrected chi connectivity index (χ0v) is 12.8. The third-order valence-corrected chi connectivity index (χ3v) is 6.44. The van der Waals surface area contributed by atoms with Crippen LogP contribution < -0.4 is 5.73 Å². The van der Waals surface area contributed by atoms with Crippen LogP contribution in [0.4, 0.5) is 5.82 Å². The molecule has 0 aliphatic carbocycles. The topological polar surface area (TPSA) is 93.4 Å². The number of hydrogen-bond donors (Lipinski definition) is 1. The van der Waals surface area contributed by atoms with Crippen LogP contribution in [0.3, 0.4) is 0 Å². The van der Waals surface area contributed by atoms with E-state index in [1.807, 2.05) is 0 Å². The molecule has 2 N–H and O–H groups in total. The first-order valence-corrected chi connectivity index (χ1v) is 9.15. The van der Waals surface area contributed by atoms with Crippen LogP contribution in [0.25, 0.3) is 0 Å². The molecule has 1 amide bonds. The van der Waals surface area contributed by atoms with Crippen molar-refractivity contribution in [2.24, 2.45) is 0 Å². The molecule has 1 aliphatic rings. The highest BCUT2D eigenvalue weighted by Crippen LogP contribution is 2.23. The molecule has 0 saturated carbocycles. The number of nitrogen functional groups attached to an aromatic ring is 1. The molecule has 1 saturated heterocycles. The normalized spacial score (nSPS) is 19.9. The zero-order valence-electron chi connectivity index (χ0n) is 11.2. The minimum Gasteiger partial charge on any atom is -0.384 e. The second-order valence-electron chi connectivity index (χ2n) is 4.43. The van der Waals surface area contributed by atoms with Gasteiger partial charge in [0.25, 0.3) is 5.91 Å². The molecule has 1 aliphatic heterocycles. The molecule has 110 valence electrons. The van der Waals surface area contributed by atoms with Crippen molar-refractivity contribution in [3.8, 4) is 0 Å². The highest BCUT2D eigenvalue weighted by Gasteiger charge is 2.36. The number of pyridine rings is 1. The van der Waals surface area contributed by atoms with Gasteiger partial charge in [0.1, 0.15) is 16.9 Å². The summed E-state index contributed by atoms with van der Waals surface area (Å²) in [5.41, 5.74) is 5.76. The van der Waals surface area contributed by atoms with Crippen LogP contribution in [-0.4, -0.2) is 53.4 Å². The Morgan fingerprint density at radius 2 is 2.30 bits per heavy atom. The lowest BCUT2D eigenvalue weighted by Gasteiger charge is -2.34. The molecule has 0 spiro atoms. The van der Waals surface area contributed by atoms with E-state index in [-0.39, 0.29) is 23.2 Å². The number of rotatable bonds is 3. The lowest BCUT2D eigenvalue weighted by Crippen LogP contribution is -2.50. The second kappa shape index (κ2) is 6.01. The smallest absolute Gasteiger partial charge is 0.273 e. The molecule has 2 heterocycles. The van der Waals surface area contributed by atoms with Crippen molar-refractivity contribution in [1.82, 2.24) is 9.88 Å². The van der Waals surface area contributed by atoms with Gasteiger partial charge < -0.3 is 10.6 Å². The number of amides is 1. The number of carbonyl (C=O) groups excluding carboxylic acids is 1. The van der Waals surface area contributed by atoms with Gasteiger partial charge in [-0.25, -0.2) is 13.4 Å². The molecule has 1 fully saturated rings. The standard InChI is InChI=1S/C12H17N3O3S2/c1-2-20(17,18)11-8-19-7-6-15(11)12(16)9-4-3-5-10(13)14-9/h3-5,11H,2,6-8H2,1H3,(H2,13,14). The van der Waals surface area contributed by atoms with E-state index in [2.05, 4.69) is 4.98 Å². The number of hydrogen-bond acceptors (Lipinski definition) is 6. The Balaban J connectivity index is 2.31. The monoisotopic (exact) mass is 315 g/mol. The van der Waals surface area contributed by atoms with Crippen LogP contribution in [-0.2, 0) is 9.84 Å². The molecule has 0 aromatic carbocycles. The lowest BCUT2D eigenvalue weighted by atomic mass is 10.3. The maximum atomic E-state index is 12.5. The van der Waals surface area contributed by atoms with E-state index in [0.29, 0.717) is 12.3 Å². The second-order valence-corrected chi connectivity index (χ2v) is 8.02. The number of nitrogens with zero attached hydrogens (tertiary/aromatic N) is 2. The molecule has 0 radical (unpaired) electrons. The largest absolute Gasteiger partial charge is 0.384 e. The number of thioether (sulfide) groups is 1. The van der Waals surface area contributed by atoms with Gasteiger partial charge in [-0.2, -0.15) is 11.8 Å². The van der Waals surface area contributed by atoms with Gasteiger partial charge in [-0.3, -0.25) is 4.79 Å². The van der Waals surface area contributed by atoms with E-state index < -0.39 is 15.2 Å². The minimum atomic E-state index is -3.31. The Morgan fingerprint density at radius 3 is 2.95 bits per heavy atom. The zero-order chi connectivity index (χ0) is 14.8. The Morgan fingerprint density at radius 1 is 1.55 bits per heavy atom. The molecular weight excluding hydrogens is 298 g/mol. The molecule has 1 atom stereocenters. The average molecular weight is 315 g/mol. The van der Waals surface area contributed by atoms with Crippen LogP contribution >= 0.6 is 11.8 Å². The van der Waals surface area contributed by atoms with Crippen LogP contribution in [0.15, 0.2) is 18.2 Å². The number of carbonyl (C=O) groups is 1. The molecule has 6 nitrogen and oxygen atoms in total. The van der Waals surface area contributed by atoms with Crippen LogP contribution in [0, 0.1) is 0 Å². The number of anilines is 1. The summed E-state index contributed by atoms with van der Waals surface area (Å²) in [6.07, 6.45) is 0. The summed E-state index contributed by atoms with van der Waals surface area (Å²) < 4.78 is 24.2. The van der Waals surface area contributed by atoms with Crippen LogP contribution in [0.2, 0.25) is 0 Å². The van der Waals surface area contributed by atoms with Crippen LogP contribution in [0.1, 0.15) is 17.4 Å². The first kappa shape index (κ1) is 15.1. The predicted octanol–water partition coefficient (Wildman–Crippen LogP) is 0.614. The Kier molecular flexibility index (Phi) is 4.54. The summed E-state index contributed by atoms with van der Waals surface area (Å²) in [5, 5.41) is -0.776.